The molecule has 1 amide bonds. The van der Waals surface area contributed by atoms with Crippen LogP contribution in [0.4, 0.5) is 17.2 Å². The molecule has 0 spiro atoms. The van der Waals surface area contributed by atoms with Gasteiger partial charge in [-0.2, -0.15) is 5.10 Å². The van der Waals surface area contributed by atoms with Gasteiger partial charge in [0.05, 0.1) is 5.52 Å². The van der Waals surface area contributed by atoms with Crippen LogP contribution in [0.3, 0.4) is 0 Å². The van der Waals surface area contributed by atoms with Crippen LogP contribution in [0.25, 0.3) is 16.6 Å². The normalized spacial score (nSPS) is 13.7. The molecule has 8 heteroatoms. The first-order valence-corrected chi connectivity index (χ1v) is 11.3. The Bertz CT molecular complexity index is 1640. The van der Waals surface area contributed by atoms with Crippen molar-refractivity contribution < 1.29 is 4.79 Å². The summed E-state index contributed by atoms with van der Waals surface area (Å²) in [6.07, 6.45) is 7.29. The predicted molar refractivity (Wildman–Crippen MR) is 134 cm³/mol. The summed E-state index contributed by atoms with van der Waals surface area (Å²) in [5, 5.41) is 11.2. The quantitative estimate of drug-likeness (QED) is 0.377. The Hall–Kier alpha value is -4.77. The molecule has 0 saturated heterocycles. The van der Waals surface area contributed by atoms with Crippen LogP contribution < -0.4 is 10.6 Å². The van der Waals surface area contributed by atoms with Crippen LogP contribution in [-0.2, 0) is 10.2 Å². The molecule has 1 fully saturated rings. The Kier molecular flexibility index (Phi) is 4.89. The molecule has 1 aliphatic carbocycles. The van der Waals surface area contributed by atoms with Crippen LogP contribution in [0.2, 0.25) is 0 Å². The molecule has 8 nitrogen and oxygen atoms in total. The highest BCUT2D eigenvalue weighted by atomic mass is 16.1. The van der Waals surface area contributed by atoms with E-state index in [1.54, 1.807) is 23.8 Å². The van der Waals surface area contributed by atoms with Gasteiger partial charge in [-0.1, -0.05) is 18.1 Å². The van der Waals surface area contributed by atoms with E-state index in [9.17, 15) is 4.79 Å². The third kappa shape index (κ3) is 3.83. The molecule has 3 aromatic heterocycles. The second kappa shape index (κ2) is 8.22. The fraction of sp³-hybridized carbons (Fsp3) is 0.148. The van der Waals surface area contributed by atoms with Gasteiger partial charge in [0.1, 0.15) is 18.5 Å². The minimum Gasteiger partial charge on any atom is -0.340 e. The summed E-state index contributed by atoms with van der Waals surface area (Å²) >= 11 is 0. The van der Waals surface area contributed by atoms with Gasteiger partial charge in [0.15, 0.2) is 5.65 Å². The maximum absolute atomic E-state index is 11.9. The van der Waals surface area contributed by atoms with E-state index in [2.05, 4.69) is 78.9 Å². The molecule has 2 aromatic carbocycles. The molecule has 2 N–H and O–H groups in total. The van der Waals surface area contributed by atoms with Gasteiger partial charge in [-0.3, -0.25) is 4.79 Å². The highest BCUT2D eigenvalue weighted by Gasteiger charge is 2.45. The van der Waals surface area contributed by atoms with Crippen LogP contribution in [-0.4, -0.2) is 30.5 Å². The van der Waals surface area contributed by atoms with E-state index in [1.807, 2.05) is 18.3 Å². The molecule has 0 radical (unpaired) electrons. The number of fused-ring (bicyclic) bond motifs is 2. The first-order chi connectivity index (χ1) is 17.1. The van der Waals surface area contributed by atoms with Gasteiger partial charge < -0.3 is 10.6 Å². The maximum Gasteiger partial charge on any atom is 0.300 e. The highest BCUT2D eigenvalue weighted by Crippen LogP contribution is 2.53. The van der Waals surface area contributed by atoms with E-state index in [-0.39, 0.29) is 11.3 Å². The lowest BCUT2D eigenvalue weighted by Crippen LogP contribution is -2.09. The molecule has 0 bridgehead atoms. The molecular formula is C27H21N7O. The predicted octanol–water partition coefficient (Wildman–Crippen LogP) is 4.46. The lowest BCUT2D eigenvalue weighted by Gasteiger charge is -2.17. The zero-order valence-electron chi connectivity index (χ0n) is 19.0. The molecule has 3 heterocycles. The van der Waals surface area contributed by atoms with E-state index >= 15 is 0 Å². The number of amides is 1. The molecule has 170 valence electrons. The first kappa shape index (κ1) is 20.8. The van der Waals surface area contributed by atoms with Gasteiger partial charge in [-0.15, -0.1) is 0 Å². The van der Waals surface area contributed by atoms with Gasteiger partial charge >= 0.3 is 0 Å². The number of nitrogens with one attached hydrogen (secondary N) is 2. The lowest BCUT2D eigenvalue weighted by molar-refractivity contribution is -0.111. The number of hydrogen-bond donors (Lipinski definition) is 2. The lowest BCUT2D eigenvalue weighted by atomic mass is 9.88. The number of hydrogen-bond acceptors (Lipinski definition) is 6. The number of rotatable bonds is 5. The molecule has 5 aromatic rings. The zero-order chi connectivity index (χ0) is 23.8. The van der Waals surface area contributed by atoms with Crippen molar-refractivity contribution >= 4 is 39.6 Å². The number of carbonyl (C=O) groups excluding carboxylic acids is 1. The van der Waals surface area contributed by atoms with Crippen LogP contribution >= 0.6 is 0 Å². The van der Waals surface area contributed by atoms with Gasteiger partial charge in [0, 0.05) is 28.4 Å². The average Bonchev–Trinajstić information content (AvgIpc) is 3.55. The molecule has 0 unspecified atom stereocenters. The monoisotopic (exact) mass is 459 g/mol. The number of nitrogens with zero attached hydrogens (tertiary/aromatic N) is 5. The van der Waals surface area contributed by atoms with Crippen LogP contribution in [0.5, 0.6) is 0 Å². The topological polar surface area (TPSA) is 97.1 Å². The third-order valence-corrected chi connectivity index (χ3v) is 6.42. The summed E-state index contributed by atoms with van der Waals surface area (Å²) in [7, 11) is 0. The zero-order valence-corrected chi connectivity index (χ0v) is 19.0. The Balaban J connectivity index is 1.27. The van der Waals surface area contributed by atoms with Crippen molar-refractivity contribution in [2.24, 2.45) is 0 Å². The van der Waals surface area contributed by atoms with E-state index in [0.29, 0.717) is 11.5 Å². The number of pyridine rings is 1. The summed E-state index contributed by atoms with van der Waals surface area (Å²) in [6, 6.07) is 18.2. The van der Waals surface area contributed by atoms with Crippen molar-refractivity contribution in [1.82, 2.24) is 24.6 Å². The smallest absolute Gasteiger partial charge is 0.300 e. The average molecular weight is 460 g/mol. The molecule has 1 aliphatic rings. The van der Waals surface area contributed by atoms with E-state index < -0.39 is 0 Å². The van der Waals surface area contributed by atoms with Gasteiger partial charge in [0.2, 0.25) is 0 Å². The molecule has 35 heavy (non-hydrogen) atoms. The number of carbonyl (C=O) groups is 1. The van der Waals surface area contributed by atoms with Crippen molar-refractivity contribution in [3.63, 3.8) is 0 Å². The van der Waals surface area contributed by atoms with Crippen LogP contribution in [0.1, 0.15) is 30.9 Å². The first-order valence-electron chi connectivity index (χ1n) is 11.3. The number of anilines is 3. The third-order valence-electron chi connectivity index (χ3n) is 6.42. The van der Waals surface area contributed by atoms with E-state index in [0.717, 1.165) is 35.1 Å². The fourth-order valence-electron chi connectivity index (χ4n) is 4.50. The Morgan fingerprint density at radius 2 is 1.77 bits per heavy atom. The summed E-state index contributed by atoms with van der Waals surface area (Å²) in [5.74, 6) is 5.39. The molecular weight excluding hydrogens is 438 g/mol. The van der Waals surface area contributed by atoms with Gasteiger partial charge in [-0.25, -0.2) is 19.5 Å². The Labute approximate surface area is 201 Å². The fourth-order valence-corrected chi connectivity index (χ4v) is 4.50. The molecule has 6 rings (SSSR count). The SMILES string of the molecule is CC#CC(=O)Nc1ccc2ncnc(Nc3ccc(C4(c5ccn6ncnc6c5)CC4)cc3)c2c1. The summed E-state index contributed by atoms with van der Waals surface area (Å²) < 4.78 is 1.78. The van der Waals surface area contributed by atoms with Crippen LogP contribution in [0, 0.1) is 11.8 Å². The van der Waals surface area contributed by atoms with E-state index in [4.69, 9.17) is 0 Å². The van der Waals surface area contributed by atoms with Crippen LogP contribution in [0.15, 0.2) is 73.4 Å². The maximum atomic E-state index is 11.9. The standard InChI is InChI=1S/C27H21N7O/c1-2-3-25(35)32-21-8-9-23-22(15-21)26(30-16-28-23)33-20-6-4-18(5-7-20)27(11-12-27)19-10-13-34-24(14-19)29-17-31-34/h4-10,13-17H,11-12H2,1H3,(H,32,35)(H,28,30,33). The Morgan fingerprint density at radius 1 is 0.943 bits per heavy atom. The van der Waals surface area contributed by atoms with Crippen molar-refractivity contribution in [3.05, 3.63) is 84.6 Å². The number of aromatic nitrogens is 5. The summed E-state index contributed by atoms with van der Waals surface area (Å²) in [4.78, 5) is 25.0. The van der Waals surface area contributed by atoms with Crippen molar-refractivity contribution in [2.75, 3.05) is 10.6 Å². The second-order valence-electron chi connectivity index (χ2n) is 8.55. The highest BCUT2D eigenvalue weighted by molar-refractivity contribution is 6.05. The van der Waals surface area contributed by atoms with Gasteiger partial charge in [-0.05, 0) is 79.3 Å². The minimum absolute atomic E-state index is 0.0301. The minimum atomic E-state index is -0.356. The molecule has 0 aliphatic heterocycles. The number of benzene rings is 2. The summed E-state index contributed by atoms with van der Waals surface area (Å²) in [6.45, 7) is 1.63. The summed E-state index contributed by atoms with van der Waals surface area (Å²) in [5.41, 5.74) is 5.77. The van der Waals surface area contributed by atoms with Gasteiger partial charge in [0.25, 0.3) is 5.91 Å². The Morgan fingerprint density at radius 3 is 2.57 bits per heavy atom. The van der Waals surface area contributed by atoms with Crippen molar-refractivity contribution in [3.8, 4) is 11.8 Å². The second-order valence-corrected chi connectivity index (χ2v) is 8.55. The van der Waals surface area contributed by atoms with Crippen molar-refractivity contribution in [1.29, 1.82) is 0 Å². The van der Waals surface area contributed by atoms with Crippen molar-refractivity contribution in [2.45, 2.75) is 25.2 Å². The largest absolute Gasteiger partial charge is 0.340 e. The molecule has 1 saturated carbocycles. The molecule has 0 atom stereocenters. The van der Waals surface area contributed by atoms with E-state index in [1.165, 1.54) is 17.5 Å².